The van der Waals surface area contributed by atoms with Gasteiger partial charge in [0.15, 0.2) is 10.8 Å². The van der Waals surface area contributed by atoms with Crippen molar-refractivity contribution in [2.24, 2.45) is 0 Å². The molecule has 0 radical (unpaired) electrons. The van der Waals surface area contributed by atoms with Gasteiger partial charge in [0.05, 0.1) is 0 Å². The van der Waals surface area contributed by atoms with Crippen LogP contribution in [-0.2, 0) is 0 Å². The predicted molar refractivity (Wildman–Crippen MR) is 86.6 cm³/mol. The maximum atomic E-state index is 4.27. The van der Waals surface area contributed by atoms with Crippen molar-refractivity contribution in [2.75, 3.05) is 12.3 Å². The van der Waals surface area contributed by atoms with Crippen LogP contribution in [0.1, 0.15) is 18.5 Å². The lowest BCUT2D eigenvalue weighted by Crippen LogP contribution is -2.23. The zero-order chi connectivity index (χ0) is 14.5. The molecular formula is C16H18N4S. The molecule has 3 rings (SSSR count). The van der Waals surface area contributed by atoms with E-state index in [2.05, 4.69) is 46.7 Å². The van der Waals surface area contributed by atoms with Crippen molar-refractivity contribution in [3.63, 3.8) is 0 Å². The van der Waals surface area contributed by atoms with Crippen LogP contribution in [0.5, 0.6) is 0 Å². The third-order valence-corrected chi connectivity index (χ3v) is 4.35. The minimum absolute atomic E-state index is 0.317. The van der Waals surface area contributed by atoms with E-state index in [1.54, 1.807) is 11.8 Å². The smallest absolute Gasteiger partial charge is 0.195 e. The molecule has 108 valence electrons. The summed E-state index contributed by atoms with van der Waals surface area (Å²) in [5.74, 6) is 0.924. The normalized spacial score (nSPS) is 12.6. The molecular weight excluding hydrogens is 280 g/mol. The minimum Gasteiger partial charge on any atom is -0.309 e. The van der Waals surface area contributed by atoms with Crippen LogP contribution >= 0.6 is 11.8 Å². The van der Waals surface area contributed by atoms with Gasteiger partial charge in [-0.15, -0.1) is 10.2 Å². The Morgan fingerprint density at radius 2 is 1.90 bits per heavy atom. The lowest BCUT2D eigenvalue weighted by atomic mass is 10.1. The number of nitrogens with zero attached hydrogens (tertiary/aromatic N) is 3. The molecule has 1 atom stereocenters. The van der Waals surface area contributed by atoms with Gasteiger partial charge in [0.25, 0.3) is 0 Å². The molecule has 21 heavy (non-hydrogen) atoms. The Labute approximate surface area is 128 Å². The van der Waals surface area contributed by atoms with Crippen LogP contribution < -0.4 is 5.32 Å². The Morgan fingerprint density at radius 3 is 2.71 bits per heavy atom. The molecule has 4 nitrogen and oxygen atoms in total. The van der Waals surface area contributed by atoms with Crippen LogP contribution in [0.3, 0.4) is 0 Å². The van der Waals surface area contributed by atoms with E-state index in [4.69, 9.17) is 0 Å². The molecule has 0 aliphatic heterocycles. The Morgan fingerprint density at radius 1 is 1.10 bits per heavy atom. The second-order valence-corrected chi connectivity index (χ2v) is 5.73. The van der Waals surface area contributed by atoms with Crippen molar-refractivity contribution in [2.45, 2.75) is 18.1 Å². The Balaban J connectivity index is 1.75. The molecule has 0 spiro atoms. The van der Waals surface area contributed by atoms with Gasteiger partial charge in [-0.2, -0.15) is 0 Å². The molecule has 2 aromatic heterocycles. The number of hydrogen-bond donors (Lipinski definition) is 1. The maximum Gasteiger partial charge on any atom is 0.195 e. The van der Waals surface area contributed by atoms with E-state index in [0.29, 0.717) is 6.04 Å². The average Bonchev–Trinajstić information content (AvgIpc) is 2.95. The molecule has 0 aliphatic rings. The van der Waals surface area contributed by atoms with Crippen LogP contribution in [-0.4, -0.2) is 26.9 Å². The summed E-state index contributed by atoms with van der Waals surface area (Å²) in [5.41, 5.74) is 2.19. The first-order valence-electron chi connectivity index (χ1n) is 7.09. The van der Waals surface area contributed by atoms with Crippen LogP contribution in [0.25, 0.3) is 5.65 Å². The van der Waals surface area contributed by atoms with Crippen LogP contribution in [0, 0.1) is 0 Å². The SMILES string of the molecule is CCNC(CSc1nnc2ccccn12)c1ccccc1. The molecule has 0 bridgehead atoms. The molecule has 0 saturated carbocycles. The number of fused-ring (bicyclic) bond motifs is 1. The van der Waals surface area contributed by atoms with Crippen LogP contribution in [0.2, 0.25) is 0 Å². The third-order valence-electron chi connectivity index (χ3n) is 3.31. The lowest BCUT2D eigenvalue weighted by molar-refractivity contribution is 0.605. The number of rotatable bonds is 6. The molecule has 0 amide bonds. The molecule has 1 N–H and O–H groups in total. The van der Waals surface area contributed by atoms with Crippen molar-refractivity contribution >= 4 is 17.4 Å². The van der Waals surface area contributed by atoms with Gasteiger partial charge in [-0.25, -0.2) is 0 Å². The summed E-state index contributed by atoms with van der Waals surface area (Å²) in [6, 6.07) is 16.8. The van der Waals surface area contributed by atoms with Gasteiger partial charge >= 0.3 is 0 Å². The van der Waals surface area contributed by atoms with Gasteiger partial charge < -0.3 is 5.32 Å². The fraction of sp³-hybridized carbons (Fsp3) is 0.250. The molecule has 2 heterocycles. The van der Waals surface area contributed by atoms with E-state index in [1.807, 2.05) is 34.9 Å². The van der Waals surface area contributed by atoms with Crippen molar-refractivity contribution in [1.29, 1.82) is 0 Å². The summed E-state index contributed by atoms with van der Waals surface area (Å²) < 4.78 is 2.03. The molecule has 0 aliphatic carbocycles. The second-order valence-electron chi connectivity index (χ2n) is 4.74. The van der Waals surface area contributed by atoms with E-state index in [-0.39, 0.29) is 0 Å². The molecule has 0 saturated heterocycles. The summed E-state index contributed by atoms with van der Waals surface area (Å²) in [6.07, 6.45) is 2.00. The Kier molecular flexibility index (Phi) is 4.52. The summed E-state index contributed by atoms with van der Waals surface area (Å²) in [4.78, 5) is 0. The predicted octanol–water partition coefficient (Wildman–Crippen LogP) is 3.17. The minimum atomic E-state index is 0.317. The summed E-state index contributed by atoms with van der Waals surface area (Å²) in [5, 5.41) is 12.9. The third kappa shape index (κ3) is 3.25. The lowest BCUT2D eigenvalue weighted by Gasteiger charge is -2.17. The van der Waals surface area contributed by atoms with Crippen LogP contribution in [0.4, 0.5) is 0 Å². The highest BCUT2D eigenvalue weighted by Crippen LogP contribution is 2.23. The number of nitrogens with one attached hydrogen (secondary N) is 1. The summed E-state index contributed by atoms with van der Waals surface area (Å²) in [7, 11) is 0. The number of aromatic nitrogens is 3. The van der Waals surface area contributed by atoms with Gasteiger partial charge in [0, 0.05) is 18.0 Å². The summed E-state index contributed by atoms with van der Waals surface area (Å²) >= 11 is 1.73. The van der Waals surface area contributed by atoms with Crippen molar-refractivity contribution in [3.8, 4) is 0 Å². The highest BCUT2D eigenvalue weighted by Gasteiger charge is 2.13. The van der Waals surface area contributed by atoms with E-state index in [1.165, 1.54) is 5.56 Å². The highest BCUT2D eigenvalue weighted by atomic mass is 32.2. The molecule has 3 aromatic rings. The standard InChI is InChI=1S/C16H18N4S/c1-2-17-14(13-8-4-3-5-9-13)12-21-16-19-18-15-10-6-7-11-20(15)16/h3-11,14,17H,2,12H2,1H3. The first-order chi connectivity index (χ1) is 10.4. The number of thioether (sulfide) groups is 1. The monoisotopic (exact) mass is 298 g/mol. The molecule has 1 unspecified atom stereocenters. The van der Waals surface area contributed by atoms with E-state index < -0.39 is 0 Å². The van der Waals surface area contributed by atoms with E-state index in [0.717, 1.165) is 23.1 Å². The number of pyridine rings is 1. The van der Waals surface area contributed by atoms with E-state index in [9.17, 15) is 0 Å². The van der Waals surface area contributed by atoms with Gasteiger partial charge in [0.2, 0.25) is 0 Å². The first kappa shape index (κ1) is 14.1. The van der Waals surface area contributed by atoms with E-state index >= 15 is 0 Å². The maximum absolute atomic E-state index is 4.27. The zero-order valence-corrected chi connectivity index (χ0v) is 12.8. The fourth-order valence-electron chi connectivity index (χ4n) is 2.28. The van der Waals surface area contributed by atoms with Gasteiger partial charge in [-0.3, -0.25) is 4.40 Å². The molecule has 0 fully saturated rings. The molecule has 5 heteroatoms. The zero-order valence-electron chi connectivity index (χ0n) is 11.9. The number of benzene rings is 1. The largest absolute Gasteiger partial charge is 0.309 e. The summed E-state index contributed by atoms with van der Waals surface area (Å²) in [6.45, 7) is 3.08. The average molecular weight is 298 g/mol. The van der Waals surface area contributed by atoms with Gasteiger partial charge in [0.1, 0.15) is 0 Å². The quantitative estimate of drug-likeness (QED) is 0.710. The van der Waals surface area contributed by atoms with Gasteiger partial charge in [-0.05, 0) is 24.2 Å². The highest BCUT2D eigenvalue weighted by molar-refractivity contribution is 7.99. The Hall–Kier alpha value is -1.85. The second kappa shape index (κ2) is 6.74. The van der Waals surface area contributed by atoms with Crippen LogP contribution in [0.15, 0.2) is 59.9 Å². The first-order valence-corrected chi connectivity index (χ1v) is 8.08. The Bertz CT molecular complexity index is 696. The topological polar surface area (TPSA) is 42.2 Å². The number of hydrogen-bond acceptors (Lipinski definition) is 4. The molecule has 1 aromatic carbocycles. The van der Waals surface area contributed by atoms with Crippen molar-refractivity contribution in [3.05, 3.63) is 60.3 Å². The van der Waals surface area contributed by atoms with Crippen molar-refractivity contribution in [1.82, 2.24) is 19.9 Å². The van der Waals surface area contributed by atoms with Crippen molar-refractivity contribution < 1.29 is 0 Å². The van der Waals surface area contributed by atoms with Gasteiger partial charge in [-0.1, -0.05) is 55.1 Å². The fourth-order valence-corrected chi connectivity index (χ4v) is 3.30.